The van der Waals surface area contributed by atoms with Crippen LogP contribution in [0.25, 0.3) is 0 Å². The molecule has 0 fully saturated rings. The molecule has 70 valence electrons. The van der Waals surface area contributed by atoms with E-state index in [-0.39, 0.29) is 0 Å². The van der Waals surface area contributed by atoms with E-state index in [0.29, 0.717) is 0 Å². The van der Waals surface area contributed by atoms with E-state index in [2.05, 4.69) is 47.6 Å². The van der Waals surface area contributed by atoms with Crippen molar-refractivity contribution in [3.05, 3.63) is 46.5 Å². The van der Waals surface area contributed by atoms with Crippen LogP contribution < -0.4 is 0 Å². The molecular weight excluding hydrogens is 224 g/mol. The Kier molecular flexibility index (Phi) is 4.23. The number of aryl methyl sites for hydroxylation is 2. The first kappa shape index (κ1) is 10.5. The lowest BCUT2D eigenvalue weighted by Gasteiger charge is -2.02. The summed E-state index contributed by atoms with van der Waals surface area (Å²) in [7, 11) is 0. The van der Waals surface area contributed by atoms with E-state index in [1.165, 1.54) is 22.0 Å². The van der Waals surface area contributed by atoms with E-state index in [4.69, 9.17) is 0 Å². The molecule has 0 bridgehead atoms. The van der Waals surface area contributed by atoms with Gasteiger partial charge in [-0.15, -0.1) is 6.58 Å². The standard InChI is InChI=1S/C12H15Br/c1-3-4-5-6-11-7-8-12(13)10(2)9-11/h3,7-9H,1,4-6H2,2H3. The Morgan fingerprint density at radius 3 is 2.85 bits per heavy atom. The number of allylic oxidation sites excluding steroid dienone is 1. The van der Waals surface area contributed by atoms with Crippen molar-refractivity contribution in [3.8, 4) is 0 Å². The van der Waals surface area contributed by atoms with Gasteiger partial charge < -0.3 is 0 Å². The molecule has 0 aliphatic carbocycles. The molecule has 13 heavy (non-hydrogen) atoms. The summed E-state index contributed by atoms with van der Waals surface area (Å²) < 4.78 is 1.19. The van der Waals surface area contributed by atoms with Gasteiger partial charge in [-0.3, -0.25) is 0 Å². The first-order chi connectivity index (χ1) is 6.24. The summed E-state index contributed by atoms with van der Waals surface area (Å²) in [6.07, 6.45) is 5.44. The molecule has 0 saturated heterocycles. The largest absolute Gasteiger partial charge is 0.103 e. The average molecular weight is 239 g/mol. The average Bonchev–Trinajstić information content (AvgIpc) is 2.12. The van der Waals surface area contributed by atoms with E-state index in [1.807, 2.05) is 6.08 Å². The molecule has 0 heterocycles. The minimum absolute atomic E-state index is 1.11. The fraction of sp³-hybridized carbons (Fsp3) is 0.333. The SMILES string of the molecule is C=CCCCc1ccc(Br)c(C)c1. The maximum atomic E-state index is 3.72. The molecule has 0 N–H and O–H groups in total. The van der Waals surface area contributed by atoms with Crippen molar-refractivity contribution in [2.75, 3.05) is 0 Å². The summed E-state index contributed by atoms with van der Waals surface area (Å²) in [5.41, 5.74) is 2.73. The molecule has 1 aromatic carbocycles. The third-order valence-electron chi connectivity index (χ3n) is 2.10. The first-order valence-electron chi connectivity index (χ1n) is 4.60. The summed E-state index contributed by atoms with van der Waals surface area (Å²) in [4.78, 5) is 0. The summed E-state index contributed by atoms with van der Waals surface area (Å²) in [5, 5.41) is 0. The Morgan fingerprint density at radius 2 is 2.23 bits per heavy atom. The van der Waals surface area contributed by atoms with Gasteiger partial charge in [0.05, 0.1) is 0 Å². The summed E-state index contributed by atoms with van der Waals surface area (Å²) in [5.74, 6) is 0. The second-order valence-corrected chi connectivity index (χ2v) is 4.12. The predicted molar refractivity (Wildman–Crippen MR) is 62.0 cm³/mol. The van der Waals surface area contributed by atoms with Crippen LogP contribution >= 0.6 is 15.9 Å². The van der Waals surface area contributed by atoms with Gasteiger partial charge in [0.1, 0.15) is 0 Å². The van der Waals surface area contributed by atoms with Crippen LogP contribution in [0.5, 0.6) is 0 Å². The molecule has 0 atom stereocenters. The lowest BCUT2D eigenvalue weighted by Crippen LogP contribution is -1.86. The van der Waals surface area contributed by atoms with Gasteiger partial charge >= 0.3 is 0 Å². The highest BCUT2D eigenvalue weighted by atomic mass is 79.9. The molecule has 0 saturated carbocycles. The number of benzene rings is 1. The molecule has 0 amide bonds. The maximum Gasteiger partial charge on any atom is 0.0204 e. The van der Waals surface area contributed by atoms with E-state index in [9.17, 15) is 0 Å². The maximum absolute atomic E-state index is 3.72. The Balaban J connectivity index is 2.57. The van der Waals surface area contributed by atoms with Crippen molar-refractivity contribution in [2.24, 2.45) is 0 Å². The predicted octanol–water partition coefficient (Wildman–Crippen LogP) is 4.27. The molecule has 1 aromatic rings. The fourth-order valence-electron chi connectivity index (χ4n) is 1.31. The van der Waals surface area contributed by atoms with Gasteiger partial charge in [0.2, 0.25) is 0 Å². The third-order valence-corrected chi connectivity index (χ3v) is 2.99. The third kappa shape index (κ3) is 3.35. The van der Waals surface area contributed by atoms with Crippen LogP contribution in [0, 0.1) is 6.92 Å². The molecule has 0 spiro atoms. The van der Waals surface area contributed by atoms with E-state index in [1.54, 1.807) is 0 Å². The second kappa shape index (κ2) is 5.23. The van der Waals surface area contributed by atoms with Crippen molar-refractivity contribution >= 4 is 15.9 Å². The van der Waals surface area contributed by atoms with Crippen LogP contribution in [0.1, 0.15) is 24.0 Å². The van der Waals surface area contributed by atoms with Gasteiger partial charge in [-0.05, 0) is 43.4 Å². The lowest BCUT2D eigenvalue weighted by molar-refractivity contribution is 0.843. The highest BCUT2D eigenvalue weighted by molar-refractivity contribution is 9.10. The minimum Gasteiger partial charge on any atom is -0.103 e. The van der Waals surface area contributed by atoms with Gasteiger partial charge in [0.25, 0.3) is 0 Å². The van der Waals surface area contributed by atoms with Crippen molar-refractivity contribution in [2.45, 2.75) is 26.2 Å². The Bertz CT molecular complexity index is 289. The lowest BCUT2D eigenvalue weighted by atomic mass is 10.1. The molecule has 0 aromatic heterocycles. The summed E-state index contributed by atoms with van der Waals surface area (Å²) in [6, 6.07) is 6.55. The zero-order valence-corrected chi connectivity index (χ0v) is 9.60. The van der Waals surface area contributed by atoms with Crippen molar-refractivity contribution < 1.29 is 0 Å². The Labute approximate surface area is 88.8 Å². The monoisotopic (exact) mass is 238 g/mol. The van der Waals surface area contributed by atoms with Crippen LogP contribution in [0.4, 0.5) is 0 Å². The normalized spacial score (nSPS) is 10.0. The smallest absolute Gasteiger partial charge is 0.0204 e. The minimum atomic E-state index is 1.11. The highest BCUT2D eigenvalue weighted by Crippen LogP contribution is 2.18. The zero-order valence-electron chi connectivity index (χ0n) is 8.02. The topological polar surface area (TPSA) is 0 Å². The number of rotatable bonds is 4. The highest BCUT2D eigenvalue weighted by Gasteiger charge is 1.96. The molecule has 1 rings (SSSR count). The van der Waals surface area contributed by atoms with Gasteiger partial charge in [0.15, 0.2) is 0 Å². The number of hydrogen-bond acceptors (Lipinski definition) is 0. The molecule has 0 radical (unpaired) electrons. The molecule has 0 aliphatic rings. The van der Waals surface area contributed by atoms with Gasteiger partial charge in [-0.1, -0.05) is 34.1 Å². The zero-order chi connectivity index (χ0) is 9.68. The van der Waals surface area contributed by atoms with Crippen LogP contribution in [0.2, 0.25) is 0 Å². The Hall–Kier alpha value is -0.560. The number of halogens is 1. The molecule has 0 unspecified atom stereocenters. The first-order valence-corrected chi connectivity index (χ1v) is 5.39. The summed E-state index contributed by atoms with van der Waals surface area (Å²) >= 11 is 3.50. The molecular formula is C12H15Br. The van der Waals surface area contributed by atoms with Crippen molar-refractivity contribution in [3.63, 3.8) is 0 Å². The van der Waals surface area contributed by atoms with Crippen LogP contribution in [0.15, 0.2) is 35.3 Å². The van der Waals surface area contributed by atoms with E-state index < -0.39 is 0 Å². The summed E-state index contributed by atoms with van der Waals surface area (Å²) in [6.45, 7) is 5.84. The van der Waals surface area contributed by atoms with Crippen LogP contribution in [-0.2, 0) is 6.42 Å². The van der Waals surface area contributed by atoms with Crippen molar-refractivity contribution in [1.82, 2.24) is 0 Å². The molecule has 1 heteroatoms. The number of hydrogen-bond donors (Lipinski definition) is 0. The van der Waals surface area contributed by atoms with E-state index >= 15 is 0 Å². The van der Waals surface area contributed by atoms with Crippen LogP contribution in [0.3, 0.4) is 0 Å². The van der Waals surface area contributed by atoms with Crippen LogP contribution in [-0.4, -0.2) is 0 Å². The fourth-order valence-corrected chi connectivity index (χ4v) is 1.56. The van der Waals surface area contributed by atoms with Gasteiger partial charge in [0, 0.05) is 4.47 Å². The quantitative estimate of drug-likeness (QED) is 0.543. The van der Waals surface area contributed by atoms with Crippen molar-refractivity contribution in [1.29, 1.82) is 0 Å². The van der Waals surface area contributed by atoms with Gasteiger partial charge in [-0.2, -0.15) is 0 Å². The molecule has 0 aliphatic heterocycles. The molecule has 0 nitrogen and oxygen atoms in total. The Morgan fingerprint density at radius 1 is 1.46 bits per heavy atom. The van der Waals surface area contributed by atoms with Gasteiger partial charge in [-0.25, -0.2) is 0 Å². The van der Waals surface area contributed by atoms with E-state index in [0.717, 1.165) is 12.8 Å². The number of unbranched alkanes of at least 4 members (excludes halogenated alkanes) is 1. The second-order valence-electron chi connectivity index (χ2n) is 3.26.